The first kappa shape index (κ1) is 12.5. The molecule has 5 nitrogen and oxygen atoms in total. The molecule has 0 radical (unpaired) electrons. The number of rotatable bonds is 4. The van der Waals surface area contributed by atoms with Crippen molar-refractivity contribution >= 4 is 0 Å². The average molecular weight is 238 g/mol. The summed E-state index contributed by atoms with van der Waals surface area (Å²) in [6.45, 7) is 5.03. The largest absolute Gasteiger partial charge is 0.339 e. The fourth-order valence-electron chi connectivity index (χ4n) is 2.44. The van der Waals surface area contributed by atoms with Crippen LogP contribution in [0.15, 0.2) is 4.52 Å². The molecule has 1 N–H and O–H groups in total. The molecule has 0 bridgehead atoms. The molecule has 2 rings (SSSR count). The highest BCUT2D eigenvalue weighted by atomic mass is 16.5. The van der Waals surface area contributed by atoms with Crippen molar-refractivity contribution in [3.8, 4) is 0 Å². The lowest BCUT2D eigenvalue weighted by Crippen LogP contribution is -2.39. The Balaban J connectivity index is 2.16. The van der Waals surface area contributed by atoms with Gasteiger partial charge >= 0.3 is 0 Å². The zero-order chi connectivity index (χ0) is 12.3. The smallest absolute Gasteiger partial charge is 0.232 e. The Labute approximate surface area is 103 Å². The van der Waals surface area contributed by atoms with E-state index in [1.807, 2.05) is 14.1 Å². The summed E-state index contributed by atoms with van der Waals surface area (Å²) in [6.07, 6.45) is 3.25. The third kappa shape index (κ3) is 2.66. The van der Waals surface area contributed by atoms with Gasteiger partial charge in [-0.15, -0.1) is 0 Å². The van der Waals surface area contributed by atoms with Gasteiger partial charge in [0.2, 0.25) is 5.89 Å². The normalized spacial score (nSPS) is 19.8. The average Bonchev–Trinajstić information content (AvgIpc) is 2.78. The summed E-state index contributed by atoms with van der Waals surface area (Å²) >= 11 is 0. The Bertz CT molecular complexity index is 355. The van der Waals surface area contributed by atoms with E-state index in [1.54, 1.807) is 0 Å². The van der Waals surface area contributed by atoms with Gasteiger partial charge in [0.05, 0.1) is 12.0 Å². The molecule has 0 aliphatic carbocycles. The summed E-state index contributed by atoms with van der Waals surface area (Å²) < 4.78 is 5.48. The Morgan fingerprint density at radius 2 is 2.06 bits per heavy atom. The highest BCUT2D eigenvalue weighted by Crippen LogP contribution is 2.35. The van der Waals surface area contributed by atoms with Crippen LogP contribution in [0.5, 0.6) is 0 Å². The van der Waals surface area contributed by atoms with E-state index >= 15 is 0 Å². The molecule has 17 heavy (non-hydrogen) atoms. The van der Waals surface area contributed by atoms with Crippen molar-refractivity contribution in [2.75, 3.05) is 27.2 Å². The molecule has 1 saturated heterocycles. The third-order valence-electron chi connectivity index (χ3n) is 3.62. The molecule has 1 aromatic rings. The molecular formula is C12H22N4O. The van der Waals surface area contributed by atoms with Gasteiger partial charge in [-0.05, 0) is 46.4 Å². The molecule has 0 spiro atoms. The van der Waals surface area contributed by atoms with E-state index in [2.05, 4.69) is 27.3 Å². The predicted octanol–water partition coefficient (Wildman–Crippen LogP) is 1.16. The van der Waals surface area contributed by atoms with Crippen molar-refractivity contribution in [3.05, 3.63) is 11.7 Å². The van der Waals surface area contributed by atoms with Gasteiger partial charge in [0.15, 0.2) is 5.82 Å². The molecule has 0 unspecified atom stereocenters. The first-order chi connectivity index (χ1) is 8.16. The lowest BCUT2D eigenvalue weighted by molar-refractivity contribution is 0.215. The second-order valence-corrected chi connectivity index (χ2v) is 5.14. The van der Waals surface area contributed by atoms with E-state index in [4.69, 9.17) is 4.52 Å². The van der Waals surface area contributed by atoms with Crippen LogP contribution in [0.25, 0.3) is 0 Å². The van der Waals surface area contributed by atoms with Crippen LogP contribution in [0.3, 0.4) is 0 Å². The topological polar surface area (TPSA) is 54.2 Å². The minimum atomic E-state index is 0.100. The third-order valence-corrected chi connectivity index (χ3v) is 3.62. The lowest BCUT2D eigenvalue weighted by atomic mass is 9.76. The van der Waals surface area contributed by atoms with Crippen molar-refractivity contribution in [1.82, 2.24) is 20.4 Å². The lowest BCUT2D eigenvalue weighted by Gasteiger charge is -2.33. The van der Waals surface area contributed by atoms with Crippen LogP contribution in [0.2, 0.25) is 0 Å². The SMILES string of the molecule is CCC1(c2nc(CN(C)C)no2)CCNCC1. The molecule has 0 aromatic carbocycles. The highest BCUT2D eigenvalue weighted by Gasteiger charge is 2.37. The number of aromatic nitrogens is 2. The summed E-state index contributed by atoms with van der Waals surface area (Å²) in [5, 5.41) is 7.46. The molecule has 0 amide bonds. The molecule has 1 aliphatic heterocycles. The predicted molar refractivity (Wildman–Crippen MR) is 65.8 cm³/mol. The maximum Gasteiger partial charge on any atom is 0.232 e. The van der Waals surface area contributed by atoms with E-state index in [0.29, 0.717) is 0 Å². The molecule has 1 fully saturated rings. The zero-order valence-corrected chi connectivity index (χ0v) is 11.0. The van der Waals surface area contributed by atoms with Gasteiger partial charge in [-0.1, -0.05) is 12.1 Å². The van der Waals surface area contributed by atoms with Crippen LogP contribution >= 0.6 is 0 Å². The fourth-order valence-corrected chi connectivity index (χ4v) is 2.44. The van der Waals surface area contributed by atoms with Gasteiger partial charge in [-0.2, -0.15) is 4.98 Å². The van der Waals surface area contributed by atoms with Crippen molar-refractivity contribution in [2.24, 2.45) is 0 Å². The molecule has 1 aliphatic rings. The number of piperidine rings is 1. The first-order valence-corrected chi connectivity index (χ1v) is 6.35. The summed E-state index contributed by atoms with van der Waals surface area (Å²) in [6, 6.07) is 0. The van der Waals surface area contributed by atoms with Crippen LogP contribution in [-0.2, 0) is 12.0 Å². The van der Waals surface area contributed by atoms with Crippen LogP contribution in [0.4, 0.5) is 0 Å². The second kappa shape index (κ2) is 5.14. The van der Waals surface area contributed by atoms with Gasteiger partial charge in [0.1, 0.15) is 0 Å². The maximum absolute atomic E-state index is 5.48. The number of hydrogen-bond donors (Lipinski definition) is 1. The summed E-state index contributed by atoms with van der Waals surface area (Å²) in [5.74, 6) is 1.62. The quantitative estimate of drug-likeness (QED) is 0.853. The maximum atomic E-state index is 5.48. The molecule has 5 heteroatoms. The standard InChI is InChI=1S/C12H22N4O/c1-4-12(5-7-13-8-6-12)11-14-10(15-17-11)9-16(2)3/h13H,4-9H2,1-3H3. The molecular weight excluding hydrogens is 216 g/mol. The van der Waals surface area contributed by atoms with Crippen LogP contribution in [-0.4, -0.2) is 42.2 Å². The Morgan fingerprint density at radius 3 is 2.65 bits per heavy atom. The first-order valence-electron chi connectivity index (χ1n) is 6.35. The summed E-state index contributed by atoms with van der Waals surface area (Å²) in [4.78, 5) is 6.62. The minimum Gasteiger partial charge on any atom is -0.339 e. The van der Waals surface area contributed by atoms with Gasteiger partial charge in [-0.3, -0.25) is 0 Å². The number of nitrogens with one attached hydrogen (secondary N) is 1. The van der Waals surface area contributed by atoms with Crippen LogP contribution < -0.4 is 5.32 Å². The monoisotopic (exact) mass is 238 g/mol. The van der Waals surface area contributed by atoms with Gasteiger partial charge in [0.25, 0.3) is 0 Å². The fraction of sp³-hybridized carbons (Fsp3) is 0.833. The van der Waals surface area contributed by atoms with Crippen molar-refractivity contribution in [1.29, 1.82) is 0 Å². The van der Waals surface area contributed by atoms with E-state index in [9.17, 15) is 0 Å². The van der Waals surface area contributed by atoms with Gasteiger partial charge in [0, 0.05) is 0 Å². The van der Waals surface area contributed by atoms with Crippen molar-refractivity contribution < 1.29 is 4.52 Å². The minimum absolute atomic E-state index is 0.100. The van der Waals surface area contributed by atoms with E-state index in [1.165, 1.54) is 0 Å². The summed E-state index contributed by atoms with van der Waals surface area (Å²) in [5.41, 5.74) is 0.100. The Morgan fingerprint density at radius 1 is 1.35 bits per heavy atom. The van der Waals surface area contributed by atoms with Crippen LogP contribution in [0.1, 0.15) is 37.9 Å². The van der Waals surface area contributed by atoms with E-state index < -0.39 is 0 Å². The molecule has 0 saturated carbocycles. The highest BCUT2D eigenvalue weighted by molar-refractivity contribution is 5.07. The molecule has 2 heterocycles. The Hall–Kier alpha value is -0.940. The van der Waals surface area contributed by atoms with Crippen molar-refractivity contribution in [3.63, 3.8) is 0 Å². The van der Waals surface area contributed by atoms with Crippen LogP contribution in [0, 0.1) is 0 Å². The van der Waals surface area contributed by atoms with Gasteiger partial charge < -0.3 is 14.7 Å². The van der Waals surface area contributed by atoms with E-state index in [0.717, 1.165) is 50.6 Å². The molecule has 0 atom stereocenters. The number of nitrogens with zero attached hydrogens (tertiary/aromatic N) is 3. The van der Waals surface area contributed by atoms with Gasteiger partial charge in [-0.25, -0.2) is 0 Å². The van der Waals surface area contributed by atoms with Crippen molar-refractivity contribution in [2.45, 2.75) is 38.1 Å². The summed E-state index contributed by atoms with van der Waals surface area (Å²) in [7, 11) is 4.02. The molecule has 1 aromatic heterocycles. The second-order valence-electron chi connectivity index (χ2n) is 5.14. The molecule has 96 valence electrons. The number of hydrogen-bond acceptors (Lipinski definition) is 5. The zero-order valence-electron chi connectivity index (χ0n) is 11.0. The van der Waals surface area contributed by atoms with E-state index in [-0.39, 0.29) is 5.41 Å². The Kier molecular flexibility index (Phi) is 3.79.